The second-order valence-corrected chi connectivity index (χ2v) is 3.04. The Bertz CT molecular complexity index is 298. The molecule has 0 radical (unpaired) electrons. The molecule has 0 aliphatic carbocycles. The maximum Gasteiger partial charge on any atom is 0.213 e. The second kappa shape index (κ2) is 5.97. The molecule has 0 amide bonds. The number of amidine groups is 1. The molecule has 0 bridgehead atoms. The van der Waals surface area contributed by atoms with Gasteiger partial charge in [-0.2, -0.15) is 4.98 Å². The first kappa shape index (κ1) is 11.4. The zero-order chi connectivity index (χ0) is 11.1. The maximum atomic E-state index is 8.50. The molecule has 1 aromatic rings. The Balaban J connectivity index is 2.29. The van der Waals surface area contributed by atoms with Gasteiger partial charge < -0.3 is 20.8 Å². The third kappa shape index (κ3) is 3.55. The first-order chi connectivity index (χ1) is 7.27. The quantitative estimate of drug-likeness (QED) is 0.259. The van der Waals surface area contributed by atoms with Crippen LogP contribution < -0.4 is 11.1 Å². The predicted octanol–water partition coefficient (Wildman–Crippen LogP) is -0.273. The third-order valence-electron chi connectivity index (χ3n) is 2.03. The summed E-state index contributed by atoms with van der Waals surface area (Å²) < 4.78 is 4.59. The molecular formula is C8H15N5O2. The molecule has 1 aromatic heterocycles. The number of oxime groups is 1. The van der Waals surface area contributed by atoms with E-state index in [1.54, 1.807) is 0 Å². The molecule has 0 aliphatic rings. The monoisotopic (exact) mass is 213 g/mol. The van der Waals surface area contributed by atoms with Gasteiger partial charge in [-0.05, 0) is 6.42 Å². The van der Waals surface area contributed by atoms with Gasteiger partial charge in [-0.25, -0.2) is 0 Å². The number of nitrogens with one attached hydrogen (secondary N) is 1. The van der Waals surface area contributed by atoms with Crippen LogP contribution in [0.1, 0.15) is 19.2 Å². The average Bonchev–Trinajstić information content (AvgIpc) is 2.76. The number of aromatic nitrogens is 2. The van der Waals surface area contributed by atoms with Crippen molar-refractivity contribution in [3.63, 3.8) is 0 Å². The van der Waals surface area contributed by atoms with Crippen molar-refractivity contribution >= 4 is 5.84 Å². The van der Waals surface area contributed by atoms with Gasteiger partial charge in [0.15, 0.2) is 11.7 Å². The Morgan fingerprint density at radius 1 is 1.80 bits per heavy atom. The molecule has 0 saturated heterocycles. The fourth-order valence-electron chi connectivity index (χ4n) is 1.19. The summed E-state index contributed by atoms with van der Waals surface area (Å²) >= 11 is 0. The molecule has 0 fully saturated rings. The van der Waals surface area contributed by atoms with Gasteiger partial charge in [0.05, 0.1) is 6.04 Å². The van der Waals surface area contributed by atoms with Crippen LogP contribution in [0.5, 0.6) is 0 Å². The van der Waals surface area contributed by atoms with Gasteiger partial charge in [-0.3, -0.25) is 0 Å². The number of hydrogen-bond acceptors (Lipinski definition) is 6. The summed E-state index contributed by atoms with van der Waals surface area (Å²) in [6.07, 6.45) is 2.68. The van der Waals surface area contributed by atoms with E-state index in [-0.39, 0.29) is 11.9 Å². The van der Waals surface area contributed by atoms with Gasteiger partial charge in [0.25, 0.3) is 0 Å². The molecular weight excluding hydrogens is 198 g/mol. The largest absolute Gasteiger partial charge is 0.409 e. The van der Waals surface area contributed by atoms with E-state index in [1.165, 1.54) is 6.39 Å². The lowest BCUT2D eigenvalue weighted by Crippen LogP contribution is -2.41. The van der Waals surface area contributed by atoms with E-state index in [1.807, 2.05) is 6.92 Å². The van der Waals surface area contributed by atoms with Crippen molar-refractivity contribution in [2.45, 2.75) is 25.8 Å². The van der Waals surface area contributed by atoms with Crippen LogP contribution in [-0.4, -0.2) is 33.8 Å². The van der Waals surface area contributed by atoms with E-state index in [2.05, 4.69) is 25.1 Å². The predicted molar refractivity (Wildman–Crippen MR) is 53.5 cm³/mol. The molecule has 1 heterocycles. The van der Waals surface area contributed by atoms with E-state index < -0.39 is 0 Å². The van der Waals surface area contributed by atoms with Crippen LogP contribution in [0.25, 0.3) is 0 Å². The molecule has 0 saturated carbocycles. The number of hydrogen-bond donors (Lipinski definition) is 3. The van der Waals surface area contributed by atoms with E-state index >= 15 is 0 Å². The molecule has 7 nitrogen and oxygen atoms in total. The summed E-state index contributed by atoms with van der Waals surface area (Å²) in [4.78, 5) is 3.88. The van der Waals surface area contributed by atoms with Gasteiger partial charge >= 0.3 is 0 Å². The van der Waals surface area contributed by atoms with Crippen molar-refractivity contribution in [1.29, 1.82) is 0 Å². The summed E-state index contributed by atoms with van der Waals surface area (Å²) in [5.74, 6) is 0.822. The van der Waals surface area contributed by atoms with Crippen molar-refractivity contribution in [3.05, 3.63) is 12.2 Å². The fraction of sp³-hybridized carbons (Fsp3) is 0.625. The highest BCUT2D eigenvalue weighted by Crippen LogP contribution is 1.93. The average molecular weight is 213 g/mol. The third-order valence-corrected chi connectivity index (χ3v) is 2.03. The minimum atomic E-state index is -0.123. The Morgan fingerprint density at radius 3 is 3.13 bits per heavy atom. The summed E-state index contributed by atoms with van der Waals surface area (Å²) in [5.41, 5.74) is 5.47. The van der Waals surface area contributed by atoms with Crippen molar-refractivity contribution in [2.75, 3.05) is 6.54 Å². The smallest absolute Gasteiger partial charge is 0.213 e. The first-order valence-electron chi connectivity index (χ1n) is 4.74. The van der Waals surface area contributed by atoms with Gasteiger partial charge in [-0.1, -0.05) is 17.2 Å². The molecule has 0 aromatic carbocycles. The number of nitrogens with zero attached hydrogens (tertiary/aromatic N) is 3. The molecule has 0 spiro atoms. The summed E-state index contributed by atoms with van der Waals surface area (Å²) in [5, 5.41) is 18.2. The lowest BCUT2D eigenvalue weighted by molar-refractivity contribution is 0.314. The zero-order valence-electron chi connectivity index (χ0n) is 8.55. The van der Waals surface area contributed by atoms with Gasteiger partial charge in [-0.15, -0.1) is 0 Å². The normalized spacial score (nSPS) is 14.1. The molecule has 4 N–H and O–H groups in total. The molecule has 1 atom stereocenters. The SMILES string of the molecule is CCC(NCCc1ncon1)C(N)=NO. The summed E-state index contributed by atoms with van der Waals surface area (Å²) in [6, 6.07) is -0.123. The Kier molecular flexibility index (Phi) is 4.55. The van der Waals surface area contributed by atoms with E-state index in [4.69, 9.17) is 10.9 Å². The van der Waals surface area contributed by atoms with Crippen molar-refractivity contribution in [2.24, 2.45) is 10.9 Å². The lowest BCUT2D eigenvalue weighted by atomic mass is 10.2. The maximum absolute atomic E-state index is 8.50. The van der Waals surface area contributed by atoms with Gasteiger partial charge in [0.2, 0.25) is 6.39 Å². The Hall–Kier alpha value is -1.63. The second-order valence-electron chi connectivity index (χ2n) is 3.04. The number of nitrogens with two attached hydrogens (primary N) is 1. The van der Waals surface area contributed by atoms with E-state index in [9.17, 15) is 0 Å². The van der Waals surface area contributed by atoms with Crippen LogP contribution in [0.4, 0.5) is 0 Å². The standard InChI is InChI=1S/C8H15N5O2/c1-2-6(8(9)12-14)10-4-3-7-11-5-15-13-7/h5-6,10,14H,2-4H2,1H3,(H2,9,12). The minimum absolute atomic E-state index is 0.123. The van der Waals surface area contributed by atoms with Crippen LogP contribution in [0, 0.1) is 0 Å². The van der Waals surface area contributed by atoms with Gasteiger partial charge in [0.1, 0.15) is 0 Å². The van der Waals surface area contributed by atoms with Gasteiger partial charge in [0, 0.05) is 13.0 Å². The van der Waals surface area contributed by atoms with Crippen molar-refractivity contribution in [3.8, 4) is 0 Å². The molecule has 15 heavy (non-hydrogen) atoms. The Morgan fingerprint density at radius 2 is 2.60 bits per heavy atom. The van der Waals surface area contributed by atoms with E-state index in [0.29, 0.717) is 18.8 Å². The summed E-state index contributed by atoms with van der Waals surface area (Å²) in [7, 11) is 0. The minimum Gasteiger partial charge on any atom is -0.409 e. The first-order valence-corrected chi connectivity index (χ1v) is 4.74. The zero-order valence-corrected chi connectivity index (χ0v) is 8.55. The molecule has 1 rings (SSSR count). The molecule has 0 aliphatic heterocycles. The highest BCUT2D eigenvalue weighted by atomic mass is 16.5. The highest BCUT2D eigenvalue weighted by Gasteiger charge is 2.10. The molecule has 84 valence electrons. The van der Waals surface area contributed by atoms with Crippen molar-refractivity contribution in [1.82, 2.24) is 15.5 Å². The van der Waals surface area contributed by atoms with Crippen LogP contribution in [0.15, 0.2) is 16.1 Å². The molecule has 1 unspecified atom stereocenters. The number of rotatable bonds is 6. The van der Waals surface area contributed by atoms with E-state index in [0.717, 1.165) is 6.42 Å². The fourth-order valence-corrected chi connectivity index (χ4v) is 1.19. The van der Waals surface area contributed by atoms with Crippen LogP contribution >= 0.6 is 0 Å². The summed E-state index contributed by atoms with van der Waals surface area (Å²) in [6.45, 7) is 2.60. The van der Waals surface area contributed by atoms with Crippen LogP contribution in [0.2, 0.25) is 0 Å². The highest BCUT2D eigenvalue weighted by molar-refractivity contribution is 5.85. The van der Waals surface area contributed by atoms with Crippen LogP contribution in [-0.2, 0) is 6.42 Å². The Labute approximate surface area is 87.3 Å². The topological polar surface area (TPSA) is 110 Å². The molecule has 7 heteroatoms. The van der Waals surface area contributed by atoms with Crippen molar-refractivity contribution < 1.29 is 9.73 Å². The van der Waals surface area contributed by atoms with Crippen LogP contribution in [0.3, 0.4) is 0 Å². The lowest BCUT2D eigenvalue weighted by Gasteiger charge is -2.14.